The highest BCUT2D eigenvalue weighted by Crippen LogP contribution is 2.32. The maximum Gasteiger partial charge on any atom is 0.241 e. The average Bonchev–Trinajstić information content (AvgIpc) is 2.47. The third kappa shape index (κ3) is 1.40. The fourth-order valence-electron chi connectivity index (χ4n) is 1.19. The smallest absolute Gasteiger partial charge is 0.241 e. The van der Waals surface area contributed by atoms with E-state index in [-0.39, 0.29) is 0 Å². The number of ether oxygens (including phenoxy) is 1. The van der Waals surface area contributed by atoms with Gasteiger partial charge in [0.25, 0.3) is 0 Å². The van der Waals surface area contributed by atoms with Gasteiger partial charge in [-0.05, 0) is 28.1 Å². The lowest BCUT2D eigenvalue weighted by molar-refractivity contribution is 0.401. The average molecular weight is 262 g/mol. The molecule has 2 aromatic rings. The molecule has 0 saturated carbocycles. The van der Waals surface area contributed by atoms with Crippen LogP contribution in [0.15, 0.2) is 16.6 Å². The van der Waals surface area contributed by atoms with E-state index in [1.807, 2.05) is 6.07 Å². The van der Waals surface area contributed by atoms with Crippen LogP contribution in [0.4, 0.5) is 0 Å². The minimum atomic E-state index is 0.568. The van der Waals surface area contributed by atoms with Crippen LogP contribution in [0, 0.1) is 0 Å². The van der Waals surface area contributed by atoms with Gasteiger partial charge in [-0.2, -0.15) is 0 Å². The highest BCUT2D eigenvalue weighted by Gasteiger charge is 2.09. The van der Waals surface area contributed by atoms with Crippen molar-refractivity contribution in [2.24, 2.45) is 0 Å². The summed E-state index contributed by atoms with van der Waals surface area (Å²) in [6.45, 7) is 0. The maximum absolute atomic E-state index is 5.86. The van der Waals surface area contributed by atoms with Crippen molar-refractivity contribution < 1.29 is 4.74 Å². The van der Waals surface area contributed by atoms with Crippen LogP contribution < -0.4 is 4.74 Å². The number of benzene rings is 1. The second kappa shape index (κ2) is 3.20. The van der Waals surface area contributed by atoms with Gasteiger partial charge in [-0.25, -0.2) is 0 Å². The van der Waals surface area contributed by atoms with Gasteiger partial charge in [0.05, 0.1) is 18.0 Å². The number of methoxy groups -OCH3 is 1. The molecule has 0 spiro atoms. The molecule has 5 heteroatoms. The second-order valence-corrected chi connectivity index (χ2v) is 3.83. The van der Waals surface area contributed by atoms with Gasteiger partial charge in [0.1, 0.15) is 0 Å². The van der Waals surface area contributed by atoms with Gasteiger partial charge in [0.15, 0.2) is 0 Å². The quantitative estimate of drug-likeness (QED) is 0.857. The summed E-state index contributed by atoms with van der Waals surface area (Å²) in [5.41, 5.74) is 0.858. The lowest BCUT2D eigenvalue weighted by Crippen LogP contribution is -1.82. The Morgan fingerprint density at radius 2 is 2.31 bits per heavy atom. The largest absolute Gasteiger partial charge is 0.479 e. The van der Waals surface area contributed by atoms with E-state index in [1.54, 1.807) is 13.2 Å². The molecule has 0 aliphatic carbocycles. The normalized spacial score (nSPS) is 10.7. The molecule has 0 fully saturated rings. The summed E-state index contributed by atoms with van der Waals surface area (Å²) in [5, 5.41) is 8.38. The van der Waals surface area contributed by atoms with Crippen molar-refractivity contribution in [3.63, 3.8) is 0 Å². The molecular weight excluding hydrogens is 255 g/mol. The minimum Gasteiger partial charge on any atom is -0.479 e. The molecule has 0 atom stereocenters. The van der Waals surface area contributed by atoms with E-state index >= 15 is 0 Å². The van der Waals surface area contributed by atoms with Crippen molar-refractivity contribution in [3.05, 3.63) is 21.6 Å². The Hall–Kier alpha value is -0.740. The van der Waals surface area contributed by atoms with Gasteiger partial charge in [0.2, 0.25) is 5.88 Å². The first-order valence-electron chi connectivity index (χ1n) is 3.59. The number of nitrogens with one attached hydrogen (secondary N) is 1. The fourth-order valence-corrected chi connectivity index (χ4v) is 2.17. The molecule has 0 amide bonds. The van der Waals surface area contributed by atoms with Crippen LogP contribution >= 0.6 is 27.5 Å². The monoisotopic (exact) mass is 260 g/mol. The number of nitrogens with zero attached hydrogens (tertiary/aromatic N) is 1. The topological polar surface area (TPSA) is 37.9 Å². The van der Waals surface area contributed by atoms with E-state index in [0.717, 1.165) is 15.4 Å². The van der Waals surface area contributed by atoms with Gasteiger partial charge >= 0.3 is 0 Å². The molecule has 1 aromatic heterocycles. The number of hydrogen-bond acceptors (Lipinski definition) is 2. The maximum atomic E-state index is 5.86. The number of aromatic amines is 1. The summed E-state index contributed by atoms with van der Waals surface area (Å²) in [4.78, 5) is 0. The number of halogens is 2. The van der Waals surface area contributed by atoms with Gasteiger partial charge in [-0.15, -0.1) is 5.10 Å². The molecule has 0 bridgehead atoms. The van der Waals surface area contributed by atoms with Crippen molar-refractivity contribution in [2.75, 3.05) is 7.11 Å². The Labute approximate surface area is 88.2 Å². The lowest BCUT2D eigenvalue weighted by Gasteiger charge is -1.97. The number of H-pyrrole nitrogens is 1. The standard InChI is InChI=1S/C8H6BrClN2O/c1-13-8-7-5(9)2-4(10)3-6(7)11-12-8/h2-3H,1H3,(H,11,12). The predicted octanol–water partition coefficient (Wildman–Crippen LogP) is 2.99. The highest BCUT2D eigenvalue weighted by molar-refractivity contribution is 9.10. The molecule has 1 N–H and O–H groups in total. The van der Waals surface area contributed by atoms with Crippen LogP contribution in [0.3, 0.4) is 0 Å². The van der Waals surface area contributed by atoms with Gasteiger partial charge in [-0.1, -0.05) is 11.6 Å². The van der Waals surface area contributed by atoms with E-state index in [4.69, 9.17) is 16.3 Å². The Morgan fingerprint density at radius 1 is 1.54 bits per heavy atom. The second-order valence-electron chi connectivity index (χ2n) is 2.54. The molecular formula is C8H6BrClN2O. The van der Waals surface area contributed by atoms with E-state index < -0.39 is 0 Å². The fraction of sp³-hybridized carbons (Fsp3) is 0.125. The number of fused-ring (bicyclic) bond motifs is 1. The number of hydrogen-bond donors (Lipinski definition) is 1. The van der Waals surface area contributed by atoms with Gasteiger partial charge < -0.3 is 4.74 Å². The molecule has 1 heterocycles. The molecule has 3 nitrogen and oxygen atoms in total. The van der Waals surface area contributed by atoms with Crippen LogP contribution in [0.5, 0.6) is 5.88 Å². The molecule has 13 heavy (non-hydrogen) atoms. The molecule has 2 rings (SSSR count). The van der Waals surface area contributed by atoms with Crippen molar-refractivity contribution in [1.29, 1.82) is 0 Å². The summed E-state index contributed by atoms with van der Waals surface area (Å²) in [5.74, 6) is 0.568. The Kier molecular flexibility index (Phi) is 2.17. The van der Waals surface area contributed by atoms with Crippen molar-refractivity contribution in [2.45, 2.75) is 0 Å². The number of aromatic nitrogens is 2. The summed E-state index contributed by atoms with van der Waals surface area (Å²) in [6.07, 6.45) is 0. The van der Waals surface area contributed by atoms with Crippen molar-refractivity contribution in [3.8, 4) is 5.88 Å². The van der Waals surface area contributed by atoms with Gasteiger partial charge in [0, 0.05) is 9.50 Å². The van der Waals surface area contributed by atoms with Crippen molar-refractivity contribution >= 4 is 38.4 Å². The molecule has 0 radical (unpaired) electrons. The molecule has 68 valence electrons. The summed E-state index contributed by atoms with van der Waals surface area (Å²) in [6, 6.07) is 3.61. The third-order valence-electron chi connectivity index (χ3n) is 1.74. The summed E-state index contributed by atoms with van der Waals surface area (Å²) in [7, 11) is 1.58. The molecule has 0 unspecified atom stereocenters. The summed E-state index contributed by atoms with van der Waals surface area (Å²) < 4.78 is 5.95. The van der Waals surface area contributed by atoms with Crippen molar-refractivity contribution in [1.82, 2.24) is 10.2 Å². The van der Waals surface area contributed by atoms with Crippen LogP contribution in [0.2, 0.25) is 5.02 Å². The minimum absolute atomic E-state index is 0.568. The molecule has 0 aliphatic rings. The first-order valence-corrected chi connectivity index (χ1v) is 4.76. The van der Waals surface area contributed by atoms with E-state index in [0.29, 0.717) is 10.9 Å². The van der Waals surface area contributed by atoms with Crippen LogP contribution in [-0.2, 0) is 0 Å². The Bertz CT molecular complexity index is 455. The molecule has 0 aliphatic heterocycles. The zero-order valence-corrected chi connectivity index (χ0v) is 9.11. The first kappa shape index (κ1) is 8.84. The van der Waals surface area contributed by atoms with Crippen LogP contribution in [-0.4, -0.2) is 17.3 Å². The third-order valence-corrected chi connectivity index (χ3v) is 2.58. The zero-order valence-electron chi connectivity index (χ0n) is 6.77. The highest BCUT2D eigenvalue weighted by atomic mass is 79.9. The molecule has 0 saturated heterocycles. The van der Waals surface area contributed by atoms with Gasteiger partial charge in [-0.3, -0.25) is 5.10 Å². The zero-order chi connectivity index (χ0) is 9.42. The first-order chi connectivity index (χ1) is 6.22. The van der Waals surface area contributed by atoms with E-state index in [9.17, 15) is 0 Å². The Morgan fingerprint density at radius 3 is 3.00 bits per heavy atom. The lowest BCUT2D eigenvalue weighted by atomic mass is 10.2. The van der Waals surface area contributed by atoms with Crippen LogP contribution in [0.25, 0.3) is 10.9 Å². The van der Waals surface area contributed by atoms with E-state index in [2.05, 4.69) is 26.1 Å². The van der Waals surface area contributed by atoms with E-state index in [1.165, 1.54) is 0 Å². The van der Waals surface area contributed by atoms with Crippen LogP contribution in [0.1, 0.15) is 0 Å². The summed E-state index contributed by atoms with van der Waals surface area (Å²) >= 11 is 9.25. The SMILES string of the molecule is COc1n[nH]c2cc(Cl)cc(Br)c12. The molecule has 1 aromatic carbocycles. The number of rotatable bonds is 1. The predicted molar refractivity (Wildman–Crippen MR) is 55.4 cm³/mol. The Balaban J connectivity index is 2.82.